The smallest absolute Gasteiger partial charge is 0.337 e. The minimum Gasteiger partial charge on any atom is -0.478 e. The van der Waals surface area contributed by atoms with Gasteiger partial charge in [0.2, 0.25) is 0 Å². The van der Waals surface area contributed by atoms with Crippen LogP contribution in [0.4, 0.5) is 15.8 Å². The van der Waals surface area contributed by atoms with Gasteiger partial charge in [0.15, 0.2) is 6.73 Å². The summed E-state index contributed by atoms with van der Waals surface area (Å²) in [5.74, 6) is -1.75. The quantitative estimate of drug-likeness (QED) is 0.311. The second-order valence-corrected chi connectivity index (χ2v) is 13.2. The molecule has 3 atom stereocenters. The molecule has 0 saturated carbocycles. The van der Waals surface area contributed by atoms with Gasteiger partial charge in [-0.1, -0.05) is 41.4 Å². The van der Waals surface area contributed by atoms with Crippen molar-refractivity contribution in [3.05, 3.63) is 75.0 Å². The number of ether oxygens (including phenoxy) is 2. The highest BCUT2D eigenvalue weighted by Crippen LogP contribution is 2.43. The normalized spacial score (nSPS) is 22.7. The predicted octanol–water partition coefficient (Wildman–Crippen LogP) is 7.24. The molecule has 1 N–H and O–H groups in total. The van der Waals surface area contributed by atoms with Gasteiger partial charge in [-0.05, 0) is 63.3 Å². The number of carbonyl (C=O) groups excluding carboxylic acids is 1. The zero-order valence-electron chi connectivity index (χ0n) is 24.9. The average Bonchev–Trinajstić information content (AvgIpc) is 3.27. The Bertz CT molecular complexity index is 1650. The lowest BCUT2D eigenvalue weighted by molar-refractivity contribution is 0.0516. The third-order valence-electron chi connectivity index (χ3n) is 9.61. The van der Waals surface area contributed by atoms with Gasteiger partial charge in [-0.15, -0.1) is 0 Å². The highest BCUT2D eigenvalue weighted by molar-refractivity contribution is 6.40. The molecule has 3 aromatic carbocycles. The second-order valence-electron chi connectivity index (χ2n) is 12.4. The Morgan fingerprint density at radius 2 is 1.71 bits per heavy atom. The lowest BCUT2D eigenvalue weighted by atomic mass is 9.96. The maximum atomic E-state index is 15.7. The number of fused-ring (bicyclic) bond motifs is 3. The van der Waals surface area contributed by atoms with Crippen LogP contribution in [-0.4, -0.2) is 66.5 Å². The summed E-state index contributed by atoms with van der Waals surface area (Å²) < 4.78 is 27.5. The zero-order chi connectivity index (χ0) is 31.4. The van der Waals surface area contributed by atoms with E-state index in [4.69, 9.17) is 32.7 Å². The van der Waals surface area contributed by atoms with Gasteiger partial charge < -0.3 is 29.3 Å². The maximum Gasteiger partial charge on any atom is 0.337 e. The van der Waals surface area contributed by atoms with Crippen LogP contribution in [-0.2, 0) is 11.3 Å². The van der Waals surface area contributed by atoms with Crippen molar-refractivity contribution in [2.45, 2.75) is 63.7 Å². The number of halogens is 3. The monoisotopic (exact) mass is 653 g/mol. The Labute approximate surface area is 271 Å². The van der Waals surface area contributed by atoms with E-state index in [0.29, 0.717) is 41.8 Å². The fourth-order valence-electron chi connectivity index (χ4n) is 7.36. The first-order valence-corrected chi connectivity index (χ1v) is 16.2. The Hall–Kier alpha value is -3.53. The van der Waals surface area contributed by atoms with Crippen molar-refractivity contribution in [1.29, 1.82) is 0 Å². The molecular formula is C34H34Cl2FN3O5. The van der Waals surface area contributed by atoms with E-state index in [0.717, 1.165) is 44.0 Å². The summed E-state index contributed by atoms with van der Waals surface area (Å²) >= 11 is 13.4. The van der Waals surface area contributed by atoms with E-state index in [1.807, 2.05) is 6.07 Å². The molecule has 1 amide bonds. The molecule has 7 rings (SSSR count). The number of nitrogens with zero attached hydrogens (tertiary/aromatic N) is 3. The van der Waals surface area contributed by atoms with Crippen LogP contribution in [0.1, 0.15) is 65.3 Å². The van der Waals surface area contributed by atoms with Gasteiger partial charge in [0.1, 0.15) is 11.6 Å². The van der Waals surface area contributed by atoms with E-state index < -0.39 is 11.8 Å². The van der Waals surface area contributed by atoms with Crippen LogP contribution in [0.2, 0.25) is 10.0 Å². The summed E-state index contributed by atoms with van der Waals surface area (Å²) in [4.78, 5) is 31.8. The summed E-state index contributed by atoms with van der Waals surface area (Å²) in [5.41, 5.74) is 2.94. The highest BCUT2D eigenvalue weighted by atomic mass is 35.5. The first-order valence-electron chi connectivity index (χ1n) is 15.4. The van der Waals surface area contributed by atoms with Crippen LogP contribution >= 0.6 is 23.2 Å². The zero-order valence-corrected chi connectivity index (χ0v) is 26.4. The lowest BCUT2D eigenvalue weighted by Crippen LogP contribution is -2.46. The highest BCUT2D eigenvalue weighted by Gasteiger charge is 2.40. The summed E-state index contributed by atoms with van der Waals surface area (Å²) in [6, 6.07) is 12.1. The van der Waals surface area contributed by atoms with E-state index in [2.05, 4.69) is 16.7 Å². The molecule has 11 heteroatoms. The molecule has 0 spiro atoms. The van der Waals surface area contributed by atoms with Crippen molar-refractivity contribution < 1.29 is 28.6 Å². The number of carboxylic acids is 1. The van der Waals surface area contributed by atoms with Crippen LogP contribution in [0.25, 0.3) is 11.1 Å². The predicted molar refractivity (Wildman–Crippen MR) is 171 cm³/mol. The van der Waals surface area contributed by atoms with E-state index in [-0.39, 0.29) is 58.0 Å². The van der Waals surface area contributed by atoms with Gasteiger partial charge >= 0.3 is 5.97 Å². The van der Waals surface area contributed by atoms with Crippen molar-refractivity contribution >= 4 is 46.5 Å². The van der Waals surface area contributed by atoms with E-state index >= 15 is 4.39 Å². The SMILES string of the molecule is C[C@@H]1CCCCN1c1cc(Cl)c(C(=O)N2COc3c(cccc3-c3cc(N4C5CCC4COC5)c(C(=O)O)cc3F)C2)c(Cl)c1. The van der Waals surface area contributed by atoms with Crippen molar-refractivity contribution in [2.24, 2.45) is 0 Å². The van der Waals surface area contributed by atoms with Gasteiger partial charge in [-0.3, -0.25) is 4.79 Å². The molecule has 3 aromatic rings. The van der Waals surface area contributed by atoms with Crippen LogP contribution < -0.4 is 14.5 Å². The Kier molecular flexibility index (Phi) is 8.04. The van der Waals surface area contributed by atoms with E-state index in [9.17, 15) is 14.7 Å². The molecule has 3 fully saturated rings. The number of para-hydroxylation sites is 1. The molecule has 4 aliphatic rings. The van der Waals surface area contributed by atoms with Crippen molar-refractivity contribution in [3.63, 3.8) is 0 Å². The van der Waals surface area contributed by atoms with Crippen LogP contribution in [0.15, 0.2) is 42.5 Å². The number of morpholine rings is 1. The summed E-state index contributed by atoms with van der Waals surface area (Å²) in [5, 5.41) is 10.5. The number of piperidine rings is 1. The molecule has 2 bridgehead atoms. The Morgan fingerprint density at radius 3 is 2.40 bits per heavy atom. The van der Waals surface area contributed by atoms with Gasteiger partial charge in [0, 0.05) is 35.0 Å². The van der Waals surface area contributed by atoms with E-state index in [1.54, 1.807) is 30.3 Å². The topological polar surface area (TPSA) is 82.5 Å². The minimum atomic E-state index is -1.18. The first-order chi connectivity index (χ1) is 21.7. The summed E-state index contributed by atoms with van der Waals surface area (Å²) in [7, 11) is 0. The van der Waals surface area contributed by atoms with Crippen LogP contribution in [0, 0.1) is 5.82 Å². The fourth-order valence-corrected chi connectivity index (χ4v) is 8.00. The average molecular weight is 655 g/mol. The largest absolute Gasteiger partial charge is 0.478 e. The number of amides is 1. The van der Waals surface area contributed by atoms with Gasteiger partial charge in [0.05, 0.1) is 58.7 Å². The number of anilines is 2. The fraction of sp³-hybridized carbons (Fsp3) is 0.412. The molecule has 0 radical (unpaired) electrons. The first kappa shape index (κ1) is 30.1. The van der Waals surface area contributed by atoms with Crippen molar-refractivity contribution in [1.82, 2.24) is 4.90 Å². The van der Waals surface area contributed by atoms with Gasteiger partial charge in [0.25, 0.3) is 5.91 Å². The lowest BCUT2D eigenvalue weighted by Gasteiger charge is -2.37. The number of carbonyl (C=O) groups is 2. The minimum absolute atomic E-state index is 0.0386. The van der Waals surface area contributed by atoms with Crippen LogP contribution in [0.5, 0.6) is 5.75 Å². The third-order valence-corrected chi connectivity index (χ3v) is 10.2. The molecule has 4 aliphatic heterocycles. The summed E-state index contributed by atoms with van der Waals surface area (Å²) in [6.45, 7) is 4.21. The molecule has 45 heavy (non-hydrogen) atoms. The molecule has 0 aromatic heterocycles. The van der Waals surface area contributed by atoms with E-state index in [1.165, 1.54) is 11.3 Å². The number of aromatic carboxylic acids is 1. The van der Waals surface area contributed by atoms with Crippen molar-refractivity contribution in [3.8, 4) is 16.9 Å². The number of rotatable bonds is 5. The maximum absolute atomic E-state index is 15.7. The molecule has 2 unspecified atom stereocenters. The van der Waals surface area contributed by atoms with Crippen LogP contribution in [0.3, 0.4) is 0 Å². The molecule has 3 saturated heterocycles. The number of hydrogen-bond donors (Lipinski definition) is 1. The Morgan fingerprint density at radius 1 is 0.978 bits per heavy atom. The molecule has 0 aliphatic carbocycles. The summed E-state index contributed by atoms with van der Waals surface area (Å²) in [6.07, 6.45) is 5.14. The number of benzene rings is 3. The Balaban J connectivity index is 1.19. The van der Waals surface area contributed by atoms with Gasteiger partial charge in [-0.25, -0.2) is 9.18 Å². The second kappa shape index (κ2) is 12.0. The molecule has 4 heterocycles. The van der Waals surface area contributed by atoms with Crippen molar-refractivity contribution in [2.75, 3.05) is 36.3 Å². The standard InChI is InChI=1S/C34H34Cl2FN3O5/c1-19-5-2-3-10-39(19)23-11-27(35)31(28(36)12-23)33(41)38-15-20-6-4-7-24(32(20)45-18-38)25-14-30(26(34(42)43)13-29(25)37)40-21-8-9-22(40)17-44-16-21/h4,6-7,11-14,19,21-22H,2-3,5,8-10,15-18H2,1H3,(H,42,43)/t19-,21?,22?/m1/s1. The third kappa shape index (κ3) is 5.38. The molecular weight excluding hydrogens is 620 g/mol. The number of carboxylic acid groups (broad SMARTS) is 1. The molecule has 8 nitrogen and oxygen atoms in total. The number of hydrogen-bond acceptors (Lipinski definition) is 6. The van der Waals surface area contributed by atoms with Gasteiger partial charge in [-0.2, -0.15) is 0 Å². The molecule has 236 valence electrons.